The van der Waals surface area contributed by atoms with E-state index in [2.05, 4.69) is 52.0 Å². The summed E-state index contributed by atoms with van der Waals surface area (Å²) in [5, 5.41) is 13.9. The fourth-order valence-electron chi connectivity index (χ4n) is 15.0. The van der Waals surface area contributed by atoms with Gasteiger partial charge in [-0.05, 0) is 151 Å². The second-order valence-electron chi connectivity index (χ2n) is 31.6. The number of Topliss-reactive ketones (excluding diaryl/α,β-unsaturated/α-hetero) is 3. The van der Waals surface area contributed by atoms with Gasteiger partial charge in [-0.2, -0.15) is 0 Å². The molecule has 24 nitrogen and oxygen atoms in total. The Morgan fingerprint density at radius 1 is 0.319 bits per heavy atom. The fourth-order valence-corrected chi connectivity index (χ4v) is 15.0. The molecule has 6 atom stereocenters. The number of rotatable bonds is 46. The molecular weight excluding hydrogens is 1450 g/mol. The van der Waals surface area contributed by atoms with Gasteiger partial charge in [-0.25, -0.2) is 0 Å². The van der Waals surface area contributed by atoms with Crippen molar-refractivity contribution in [3.05, 3.63) is 246 Å². The summed E-state index contributed by atoms with van der Waals surface area (Å²) in [6.45, 7) is 11.0. The number of carbonyl (C=O) groups excluding carboxylic acids is 6. The number of amides is 3. The number of ketones is 3. The third-order valence-electron chi connectivity index (χ3n) is 22.0. The number of quaternary nitrogens is 3. The van der Waals surface area contributed by atoms with Crippen LogP contribution in [-0.2, 0) is 60.9 Å². The maximum absolute atomic E-state index is 13.7. The van der Waals surface area contributed by atoms with Crippen molar-refractivity contribution in [1.82, 2.24) is 30.9 Å². The van der Waals surface area contributed by atoms with Gasteiger partial charge >= 0.3 is 0 Å². The summed E-state index contributed by atoms with van der Waals surface area (Å²) in [6, 6.07) is 58.9. The van der Waals surface area contributed by atoms with Gasteiger partial charge in [-0.1, -0.05) is 152 Å². The van der Waals surface area contributed by atoms with Crippen molar-refractivity contribution < 1.29 is 42.2 Å². The number of hydrogen-bond donors (Lipinski definition) is 12. The van der Waals surface area contributed by atoms with Gasteiger partial charge in [0.15, 0.2) is 17.3 Å². The van der Waals surface area contributed by atoms with E-state index in [9.17, 15) is 28.8 Å². The molecule has 0 saturated heterocycles. The van der Waals surface area contributed by atoms with Crippen LogP contribution < -0.4 is 67.6 Å². The first-order chi connectivity index (χ1) is 56.0. The molecule has 0 aliphatic heterocycles. The van der Waals surface area contributed by atoms with Crippen LogP contribution in [0.3, 0.4) is 0 Å². The second kappa shape index (κ2) is 47.2. The molecule has 0 saturated carbocycles. The SMILES string of the molecule is C[N+](CCN)(CCN)CCC[C@H](N)C(=O)N[C@@H](C(=O)Cc1cnc2ccccc2c1)c1ccc2ccccc2c1.C[N+](CCN)(CCN)CCC[C@H](N)C(=O)N[C@@H](CCc1ccccc1)C(=O)Cc1cnc2ccccc2c1.C[N+](CCN)(CCN)CCC[C@H](N)C(=O)N[C@H](CCc1ccccc1)C(=O)Cc1cnc2ccccc2c1. The largest absolute Gasteiger partial charge is 0.345 e. The number of fused-ring (bicyclic) bond motifs is 4. The van der Waals surface area contributed by atoms with Gasteiger partial charge in [-0.15, -0.1) is 0 Å². The highest BCUT2D eigenvalue weighted by Gasteiger charge is 2.31. The molecule has 3 aromatic heterocycles. The zero-order valence-corrected chi connectivity index (χ0v) is 68.3. The lowest BCUT2D eigenvalue weighted by Crippen LogP contribution is -2.52. The number of benzene rings is 7. The number of nitrogens with two attached hydrogens (primary N) is 9. The molecular formula is C92H127N18O6+3. The maximum Gasteiger partial charge on any atom is 0.237 e. The highest BCUT2D eigenvalue weighted by Crippen LogP contribution is 2.25. The lowest BCUT2D eigenvalue weighted by molar-refractivity contribution is -0.907. The Hall–Kier alpha value is -10.0. The number of carbonyl (C=O) groups is 6. The number of pyridine rings is 3. The minimum absolute atomic E-state index is 0.0475. The Bertz CT molecular complexity index is 4520. The smallest absolute Gasteiger partial charge is 0.237 e. The van der Waals surface area contributed by atoms with Crippen LogP contribution in [0.25, 0.3) is 43.5 Å². The molecule has 618 valence electrons. The first-order valence-corrected chi connectivity index (χ1v) is 41.0. The summed E-state index contributed by atoms with van der Waals surface area (Å²) in [5.41, 5.74) is 61.7. The standard InChI is InChI=1S/C32H40N6O2.2C30H42N6O2/c1-38(17-14-33,18-15-34)16-6-10-28(35)32(40)37-31(27-13-12-24-7-2-3-8-25(24)21-27)30(39)20-23-19-26-9-4-5-11-29(26)36-22-23;2*1-36(18-15-31,19-16-32)17-7-11-26(33)30(38)35-28(14-13-23-8-3-2-4-9-23)29(37)21-24-20-25-10-5-6-12-27(25)34-22-24/h2-5,7-9,11-13,19,21-22,28,31H,6,10,14-18,20,33-35H2,1H3;2*2-6,8-10,12,20,22,26,28H,7,11,13-19,21,31-33H2,1H3/p+3/t28-,31+;26-,28+;26-,28-/m000/s1. The van der Waals surface area contributed by atoms with Crippen LogP contribution in [0.2, 0.25) is 0 Å². The number of hydrogen-bond acceptors (Lipinski definition) is 18. The van der Waals surface area contributed by atoms with E-state index in [1.165, 1.54) is 0 Å². The molecule has 0 radical (unpaired) electrons. The van der Waals surface area contributed by atoms with Crippen LogP contribution in [0, 0.1) is 0 Å². The van der Waals surface area contributed by atoms with Gasteiger partial charge in [0, 0.05) is 93.3 Å². The van der Waals surface area contributed by atoms with Gasteiger partial charge in [0.05, 0.1) is 127 Å². The number of nitrogens with one attached hydrogen (secondary N) is 3. The quantitative estimate of drug-likeness (QED) is 0.0177. The van der Waals surface area contributed by atoms with Crippen molar-refractivity contribution in [2.75, 3.05) is 119 Å². The summed E-state index contributed by atoms with van der Waals surface area (Å²) in [7, 11) is 6.39. The van der Waals surface area contributed by atoms with Crippen LogP contribution in [0.5, 0.6) is 0 Å². The normalized spacial score (nSPS) is 13.3. The van der Waals surface area contributed by atoms with Crippen molar-refractivity contribution in [3.8, 4) is 0 Å². The average molecular weight is 1580 g/mol. The molecule has 0 aliphatic carbocycles. The summed E-state index contributed by atoms with van der Waals surface area (Å²) in [5.74, 6) is -1.14. The van der Waals surface area contributed by atoms with E-state index in [-0.39, 0.29) is 54.3 Å². The Kier molecular flexibility index (Phi) is 37.3. The summed E-state index contributed by atoms with van der Waals surface area (Å²) < 4.78 is 2.28. The molecule has 116 heavy (non-hydrogen) atoms. The van der Waals surface area contributed by atoms with E-state index >= 15 is 0 Å². The van der Waals surface area contributed by atoms with E-state index < -0.39 is 36.3 Å². The Labute approximate surface area is 684 Å². The molecule has 21 N–H and O–H groups in total. The molecule has 0 aliphatic rings. The lowest BCUT2D eigenvalue weighted by Gasteiger charge is -2.34. The molecule has 10 aromatic rings. The van der Waals surface area contributed by atoms with E-state index in [0.717, 1.165) is 168 Å². The molecule has 0 bridgehead atoms. The fraction of sp³-hybridized carbons (Fsp3) is 0.402. The molecule has 10 rings (SSSR count). The number of likely N-dealkylation sites (N-methyl/N-ethyl adjacent to an activating group) is 3. The minimum Gasteiger partial charge on any atom is -0.345 e. The molecule has 3 amide bonds. The molecule has 0 spiro atoms. The topological polar surface area (TPSA) is 411 Å². The zero-order valence-electron chi connectivity index (χ0n) is 68.3. The summed E-state index contributed by atoms with van der Waals surface area (Å²) in [6.07, 6.45) is 12.0. The number of aromatic nitrogens is 3. The van der Waals surface area contributed by atoms with Crippen molar-refractivity contribution in [3.63, 3.8) is 0 Å². The number of nitrogens with zero attached hydrogens (tertiary/aromatic N) is 6. The minimum atomic E-state index is -0.829. The predicted molar refractivity (Wildman–Crippen MR) is 468 cm³/mol. The summed E-state index contributed by atoms with van der Waals surface area (Å²) >= 11 is 0. The zero-order chi connectivity index (χ0) is 83.3. The first kappa shape index (κ1) is 91.5. The van der Waals surface area contributed by atoms with E-state index in [1.54, 1.807) is 18.6 Å². The lowest BCUT2D eigenvalue weighted by atomic mass is 9.95. The highest BCUT2D eigenvalue weighted by atomic mass is 16.2. The van der Waals surface area contributed by atoms with Crippen molar-refractivity contribution in [2.24, 2.45) is 51.6 Å². The van der Waals surface area contributed by atoms with Gasteiger partial charge in [0.2, 0.25) is 17.7 Å². The van der Waals surface area contributed by atoms with Crippen LogP contribution >= 0.6 is 0 Å². The van der Waals surface area contributed by atoms with Crippen LogP contribution in [-0.4, -0.2) is 213 Å². The third kappa shape index (κ3) is 29.6. The van der Waals surface area contributed by atoms with Crippen molar-refractivity contribution >= 4 is 78.6 Å². The monoisotopic (exact) mass is 1580 g/mol. The van der Waals surface area contributed by atoms with Crippen molar-refractivity contribution in [1.29, 1.82) is 0 Å². The maximum atomic E-state index is 13.7. The number of aryl methyl sites for hydroxylation is 2. The highest BCUT2D eigenvalue weighted by molar-refractivity contribution is 5.96. The van der Waals surface area contributed by atoms with E-state index in [1.807, 2.05) is 194 Å². The molecule has 0 unspecified atom stereocenters. The Morgan fingerprint density at radius 2 is 0.621 bits per heavy atom. The Balaban J connectivity index is 0.000000217. The Morgan fingerprint density at radius 3 is 0.966 bits per heavy atom. The van der Waals surface area contributed by atoms with E-state index in [0.29, 0.717) is 84.2 Å². The molecule has 3 heterocycles. The van der Waals surface area contributed by atoms with Crippen LogP contribution in [0.15, 0.2) is 213 Å². The number of para-hydroxylation sites is 3. The van der Waals surface area contributed by atoms with Gasteiger partial charge in [0.1, 0.15) is 6.04 Å². The molecule has 24 heteroatoms. The average Bonchev–Trinajstić information content (AvgIpc) is 0.805. The predicted octanol–water partition coefficient (Wildman–Crippen LogP) is 6.70. The van der Waals surface area contributed by atoms with Gasteiger partial charge in [-0.3, -0.25) is 43.7 Å². The van der Waals surface area contributed by atoms with Gasteiger partial charge in [0.25, 0.3) is 0 Å². The molecule has 0 fully saturated rings. The van der Waals surface area contributed by atoms with Crippen LogP contribution in [0.1, 0.15) is 90.8 Å². The molecule has 7 aromatic carbocycles. The first-order valence-electron chi connectivity index (χ1n) is 41.0. The van der Waals surface area contributed by atoms with Gasteiger partial charge < -0.3 is 81.0 Å². The summed E-state index contributed by atoms with van der Waals surface area (Å²) in [4.78, 5) is 93.4. The van der Waals surface area contributed by atoms with E-state index in [4.69, 9.17) is 51.6 Å². The van der Waals surface area contributed by atoms with Crippen molar-refractivity contribution in [2.45, 2.75) is 120 Å². The van der Waals surface area contributed by atoms with Crippen LogP contribution in [0.4, 0.5) is 0 Å². The third-order valence-corrected chi connectivity index (χ3v) is 22.0. The second-order valence-corrected chi connectivity index (χ2v) is 31.6.